The van der Waals surface area contributed by atoms with Gasteiger partial charge in [-0.1, -0.05) is 12.1 Å². The van der Waals surface area contributed by atoms with Gasteiger partial charge in [-0.2, -0.15) is 5.10 Å². The van der Waals surface area contributed by atoms with E-state index in [1.54, 1.807) is 6.20 Å². The Morgan fingerprint density at radius 1 is 1.23 bits per heavy atom. The molecule has 1 fully saturated rings. The molecule has 1 amide bonds. The van der Waals surface area contributed by atoms with Crippen LogP contribution in [0.5, 0.6) is 5.75 Å². The van der Waals surface area contributed by atoms with Crippen LogP contribution in [0.4, 0.5) is 11.5 Å². The summed E-state index contributed by atoms with van der Waals surface area (Å²) in [6, 6.07) is 9.64. The molecule has 7 nitrogen and oxygen atoms in total. The van der Waals surface area contributed by atoms with Crippen LogP contribution < -0.4 is 20.3 Å². The quantitative estimate of drug-likeness (QED) is 0.705. The minimum absolute atomic E-state index is 0.00764. The predicted octanol–water partition coefficient (Wildman–Crippen LogP) is 1.99. The van der Waals surface area contributed by atoms with Crippen LogP contribution in [0.25, 0.3) is 0 Å². The topological polar surface area (TPSA) is 79.4 Å². The lowest BCUT2D eigenvalue weighted by molar-refractivity contribution is -0.123. The van der Waals surface area contributed by atoms with Gasteiger partial charge in [0.05, 0.1) is 11.9 Å². The van der Waals surface area contributed by atoms with Gasteiger partial charge < -0.3 is 20.3 Å². The Hall–Kier alpha value is -2.83. The molecule has 2 N–H and O–H groups in total. The summed E-state index contributed by atoms with van der Waals surface area (Å²) in [5, 5.41) is 14.1. The summed E-state index contributed by atoms with van der Waals surface area (Å²) in [7, 11) is 0. The van der Waals surface area contributed by atoms with E-state index < -0.39 is 0 Å². The molecule has 1 saturated heterocycles. The van der Waals surface area contributed by atoms with E-state index in [-0.39, 0.29) is 12.5 Å². The minimum Gasteiger partial charge on any atom is -0.484 e. The van der Waals surface area contributed by atoms with Gasteiger partial charge in [0.2, 0.25) is 0 Å². The molecule has 0 radical (unpaired) electrons. The number of amides is 1. The number of nitrogens with one attached hydrogen (secondary N) is 2. The smallest absolute Gasteiger partial charge is 0.258 e. The van der Waals surface area contributed by atoms with Crippen molar-refractivity contribution in [2.24, 2.45) is 0 Å². The highest BCUT2D eigenvalue weighted by Gasteiger charge is 2.13. The zero-order valence-corrected chi connectivity index (χ0v) is 15.1. The van der Waals surface area contributed by atoms with Crippen LogP contribution in [0.15, 0.2) is 36.5 Å². The molecule has 0 atom stereocenters. The van der Waals surface area contributed by atoms with Gasteiger partial charge in [-0.25, -0.2) is 0 Å². The van der Waals surface area contributed by atoms with Gasteiger partial charge in [-0.05, 0) is 37.5 Å². The van der Waals surface area contributed by atoms with Crippen molar-refractivity contribution in [3.63, 3.8) is 0 Å². The molecule has 0 aliphatic carbocycles. The van der Waals surface area contributed by atoms with Gasteiger partial charge in [0, 0.05) is 32.2 Å². The lowest BCUT2D eigenvalue weighted by Crippen LogP contribution is -2.32. The van der Waals surface area contributed by atoms with Crippen LogP contribution in [-0.2, 0) is 4.79 Å². The van der Waals surface area contributed by atoms with Crippen molar-refractivity contribution in [1.29, 1.82) is 0 Å². The molecule has 1 aliphatic heterocycles. The third kappa shape index (κ3) is 5.34. The van der Waals surface area contributed by atoms with Crippen molar-refractivity contribution in [2.75, 3.05) is 43.0 Å². The van der Waals surface area contributed by atoms with Crippen molar-refractivity contribution in [3.05, 3.63) is 42.1 Å². The van der Waals surface area contributed by atoms with E-state index in [9.17, 15) is 4.79 Å². The summed E-state index contributed by atoms with van der Waals surface area (Å²) < 4.78 is 5.48. The predicted molar refractivity (Wildman–Crippen MR) is 102 cm³/mol. The Labute approximate surface area is 153 Å². The largest absolute Gasteiger partial charge is 0.484 e. The summed E-state index contributed by atoms with van der Waals surface area (Å²) >= 11 is 0. The van der Waals surface area contributed by atoms with E-state index in [0.717, 1.165) is 30.2 Å². The fourth-order valence-electron chi connectivity index (χ4n) is 2.89. The number of aryl methyl sites for hydroxylation is 1. The van der Waals surface area contributed by atoms with E-state index >= 15 is 0 Å². The Kier molecular flexibility index (Phi) is 6.24. The third-order valence-corrected chi connectivity index (χ3v) is 4.22. The van der Waals surface area contributed by atoms with E-state index in [1.165, 1.54) is 12.8 Å². The molecule has 0 unspecified atom stereocenters. The van der Waals surface area contributed by atoms with Crippen molar-refractivity contribution in [1.82, 2.24) is 15.5 Å². The lowest BCUT2D eigenvalue weighted by atomic mass is 10.2. The number of hydrogen-bond acceptors (Lipinski definition) is 6. The molecule has 0 bridgehead atoms. The van der Waals surface area contributed by atoms with Gasteiger partial charge in [0.15, 0.2) is 12.4 Å². The number of hydrogen-bond donors (Lipinski definition) is 2. The van der Waals surface area contributed by atoms with Gasteiger partial charge in [0.25, 0.3) is 5.91 Å². The highest BCUT2D eigenvalue weighted by atomic mass is 16.5. The third-order valence-electron chi connectivity index (χ3n) is 4.22. The molecule has 1 aromatic carbocycles. The van der Waals surface area contributed by atoms with Gasteiger partial charge in [0.1, 0.15) is 5.75 Å². The second kappa shape index (κ2) is 9.03. The Morgan fingerprint density at radius 2 is 2.08 bits per heavy atom. The molecule has 0 spiro atoms. The number of carbonyl (C=O) groups is 1. The minimum atomic E-state index is -0.148. The molecule has 1 aliphatic rings. The number of anilines is 2. The van der Waals surface area contributed by atoms with Crippen LogP contribution in [0, 0.1) is 6.92 Å². The first-order valence-corrected chi connectivity index (χ1v) is 8.98. The van der Waals surface area contributed by atoms with E-state index in [1.807, 2.05) is 37.3 Å². The summed E-state index contributed by atoms with van der Waals surface area (Å²) in [5.74, 6) is 1.28. The first-order valence-electron chi connectivity index (χ1n) is 8.98. The highest BCUT2D eigenvalue weighted by molar-refractivity contribution is 5.77. The molecule has 3 rings (SSSR count). The fourth-order valence-corrected chi connectivity index (χ4v) is 2.89. The van der Waals surface area contributed by atoms with E-state index in [2.05, 4.69) is 25.7 Å². The fraction of sp³-hybridized carbons (Fsp3) is 0.421. The van der Waals surface area contributed by atoms with Crippen LogP contribution >= 0.6 is 0 Å². The molecular weight excluding hydrogens is 330 g/mol. The van der Waals surface area contributed by atoms with Crippen LogP contribution in [0.3, 0.4) is 0 Å². The molecule has 26 heavy (non-hydrogen) atoms. The molecule has 2 heterocycles. The molecule has 0 saturated carbocycles. The molecule has 2 aromatic rings. The normalized spacial score (nSPS) is 13.5. The molecule has 7 heteroatoms. The van der Waals surface area contributed by atoms with Crippen LogP contribution in [0.1, 0.15) is 18.4 Å². The van der Waals surface area contributed by atoms with E-state index in [4.69, 9.17) is 4.74 Å². The van der Waals surface area contributed by atoms with Crippen molar-refractivity contribution in [2.45, 2.75) is 19.8 Å². The summed E-state index contributed by atoms with van der Waals surface area (Å²) in [6.07, 6.45) is 4.24. The first kappa shape index (κ1) is 18.0. The Morgan fingerprint density at radius 3 is 2.88 bits per heavy atom. The standard InChI is InChI=1S/C19H25N5O2/c1-15-5-4-6-17(11-15)26-14-19(25)21-8-7-20-18-12-16(13-22-23-18)24-9-2-3-10-24/h4-6,11-13H,2-3,7-10,14H2,1H3,(H,20,23)(H,21,25). The zero-order valence-electron chi connectivity index (χ0n) is 15.1. The molecule has 1 aromatic heterocycles. The van der Waals surface area contributed by atoms with Gasteiger partial charge in [-0.3, -0.25) is 4.79 Å². The maximum atomic E-state index is 11.8. The number of aromatic nitrogens is 2. The number of benzene rings is 1. The summed E-state index contributed by atoms with van der Waals surface area (Å²) in [5.41, 5.74) is 2.19. The monoisotopic (exact) mass is 355 g/mol. The maximum absolute atomic E-state index is 11.8. The number of ether oxygens (including phenoxy) is 1. The van der Waals surface area contributed by atoms with Crippen LogP contribution in [0.2, 0.25) is 0 Å². The van der Waals surface area contributed by atoms with Crippen LogP contribution in [-0.4, -0.2) is 48.9 Å². The maximum Gasteiger partial charge on any atom is 0.258 e. The zero-order chi connectivity index (χ0) is 18.2. The Balaban J connectivity index is 1.36. The lowest BCUT2D eigenvalue weighted by Gasteiger charge is -2.17. The Bertz CT molecular complexity index is 731. The van der Waals surface area contributed by atoms with Gasteiger partial charge in [-0.15, -0.1) is 5.10 Å². The number of nitrogens with zero attached hydrogens (tertiary/aromatic N) is 3. The summed E-state index contributed by atoms with van der Waals surface area (Å²) in [6.45, 7) is 5.21. The van der Waals surface area contributed by atoms with Gasteiger partial charge >= 0.3 is 0 Å². The van der Waals surface area contributed by atoms with Crippen molar-refractivity contribution < 1.29 is 9.53 Å². The highest BCUT2D eigenvalue weighted by Crippen LogP contribution is 2.20. The second-order valence-corrected chi connectivity index (χ2v) is 6.38. The van der Waals surface area contributed by atoms with Crippen molar-refractivity contribution in [3.8, 4) is 5.75 Å². The number of carbonyl (C=O) groups excluding carboxylic acids is 1. The average molecular weight is 355 g/mol. The second-order valence-electron chi connectivity index (χ2n) is 6.38. The molecular formula is C19H25N5O2. The molecule has 138 valence electrons. The average Bonchev–Trinajstić information content (AvgIpc) is 3.19. The van der Waals surface area contributed by atoms with Crippen molar-refractivity contribution >= 4 is 17.4 Å². The number of rotatable bonds is 8. The first-order chi connectivity index (χ1) is 12.7. The SMILES string of the molecule is Cc1cccc(OCC(=O)NCCNc2cc(N3CCCC3)cnn2)c1. The summed E-state index contributed by atoms with van der Waals surface area (Å²) in [4.78, 5) is 14.2. The van der Waals surface area contributed by atoms with E-state index in [0.29, 0.717) is 18.8 Å².